The number of carbonyl (C=O) groups is 1. The molecule has 0 unspecified atom stereocenters. The zero-order chi connectivity index (χ0) is 14.4. The summed E-state index contributed by atoms with van der Waals surface area (Å²) in [6, 6.07) is 0.418. The van der Waals surface area contributed by atoms with Gasteiger partial charge < -0.3 is 4.74 Å². The first-order valence-corrected chi connectivity index (χ1v) is 8.17. The summed E-state index contributed by atoms with van der Waals surface area (Å²) in [6.45, 7) is 6.50. The summed E-state index contributed by atoms with van der Waals surface area (Å²) >= 11 is 0. The Labute approximate surface area is 121 Å². The molecule has 3 rings (SSSR count). The van der Waals surface area contributed by atoms with Crippen molar-refractivity contribution in [2.24, 2.45) is 5.92 Å². The van der Waals surface area contributed by atoms with Crippen LogP contribution in [0, 0.1) is 5.92 Å². The molecule has 3 aliphatic rings. The van der Waals surface area contributed by atoms with Gasteiger partial charge in [0.05, 0.1) is 12.2 Å². The highest BCUT2D eigenvalue weighted by molar-refractivity contribution is 5.83. The van der Waals surface area contributed by atoms with Gasteiger partial charge in [-0.3, -0.25) is 4.84 Å². The van der Waals surface area contributed by atoms with Crippen molar-refractivity contribution in [3.8, 4) is 0 Å². The van der Waals surface area contributed by atoms with Crippen molar-refractivity contribution in [3.05, 3.63) is 0 Å². The van der Waals surface area contributed by atoms with E-state index >= 15 is 0 Å². The number of hydrogen-bond donors (Lipinski definition) is 0. The second-order valence-electron chi connectivity index (χ2n) is 7.16. The Kier molecular flexibility index (Phi) is 3.57. The van der Waals surface area contributed by atoms with E-state index in [9.17, 15) is 4.79 Å². The average Bonchev–Trinajstić information content (AvgIpc) is 2.59. The molecule has 0 radical (unpaired) electrons. The molecule has 4 heteroatoms. The number of ether oxygens (including phenoxy) is 1. The number of hydroxylamine groups is 2. The summed E-state index contributed by atoms with van der Waals surface area (Å²) in [5, 5.41) is 2.01. The van der Waals surface area contributed by atoms with Crippen molar-refractivity contribution in [1.29, 1.82) is 0 Å². The highest BCUT2D eigenvalue weighted by Gasteiger charge is 2.71. The van der Waals surface area contributed by atoms with E-state index < -0.39 is 5.54 Å². The van der Waals surface area contributed by atoms with E-state index in [1.165, 1.54) is 25.7 Å². The molecule has 4 nitrogen and oxygen atoms in total. The van der Waals surface area contributed by atoms with Gasteiger partial charge in [-0.25, -0.2) is 4.79 Å². The monoisotopic (exact) mass is 281 g/mol. The van der Waals surface area contributed by atoms with Crippen LogP contribution in [0.2, 0.25) is 0 Å². The van der Waals surface area contributed by atoms with Crippen LogP contribution in [-0.2, 0) is 14.4 Å². The van der Waals surface area contributed by atoms with Crippen molar-refractivity contribution < 1.29 is 14.4 Å². The lowest BCUT2D eigenvalue weighted by molar-refractivity contribution is -0.312. The van der Waals surface area contributed by atoms with E-state index in [0.717, 1.165) is 19.3 Å². The maximum Gasteiger partial charge on any atom is 0.329 e. The number of carbonyl (C=O) groups excluding carboxylic acids is 1. The van der Waals surface area contributed by atoms with Crippen molar-refractivity contribution in [2.75, 3.05) is 6.61 Å². The molecular formula is C16H27NO3. The Morgan fingerprint density at radius 2 is 1.95 bits per heavy atom. The molecule has 0 bridgehead atoms. The van der Waals surface area contributed by atoms with Gasteiger partial charge in [0.15, 0.2) is 5.54 Å². The molecule has 0 aromatic heterocycles. The van der Waals surface area contributed by atoms with Gasteiger partial charge in [0.2, 0.25) is 0 Å². The molecule has 3 fully saturated rings. The van der Waals surface area contributed by atoms with E-state index in [4.69, 9.17) is 9.57 Å². The first-order valence-electron chi connectivity index (χ1n) is 8.17. The van der Waals surface area contributed by atoms with E-state index in [1.54, 1.807) is 0 Å². The summed E-state index contributed by atoms with van der Waals surface area (Å²) in [7, 11) is 0. The van der Waals surface area contributed by atoms with Crippen molar-refractivity contribution in [2.45, 2.75) is 82.9 Å². The minimum atomic E-state index is -0.498. The van der Waals surface area contributed by atoms with Crippen LogP contribution in [0.5, 0.6) is 0 Å². The highest BCUT2D eigenvalue weighted by atomic mass is 16.7. The topological polar surface area (TPSA) is 38.8 Å². The van der Waals surface area contributed by atoms with Crippen LogP contribution in [0.4, 0.5) is 0 Å². The molecule has 2 heterocycles. The van der Waals surface area contributed by atoms with Crippen molar-refractivity contribution in [3.63, 3.8) is 0 Å². The minimum Gasteiger partial charge on any atom is -0.465 e. The van der Waals surface area contributed by atoms with E-state index in [-0.39, 0.29) is 11.6 Å². The first kappa shape index (κ1) is 14.3. The maximum atomic E-state index is 12.6. The van der Waals surface area contributed by atoms with Gasteiger partial charge in [-0.15, -0.1) is 0 Å². The van der Waals surface area contributed by atoms with Crippen LogP contribution in [0.15, 0.2) is 0 Å². The largest absolute Gasteiger partial charge is 0.465 e. The molecule has 2 aliphatic heterocycles. The lowest BCUT2D eigenvalue weighted by atomic mass is 9.63. The van der Waals surface area contributed by atoms with Crippen LogP contribution in [-0.4, -0.2) is 34.8 Å². The van der Waals surface area contributed by atoms with E-state index in [1.807, 2.05) is 12.0 Å². The Morgan fingerprint density at radius 1 is 1.25 bits per heavy atom. The normalized spacial score (nSPS) is 40.0. The molecule has 114 valence electrons. The van der Waals surface area contributed by atoms with Crippen LogP contribution in [0.25, 0.3) is 0 Å². The van der Waals surface area contributed by atoms with Crippen LogP contribution >= 0.6 is 0 Å². The number of rotatable bonds is 2. The number of hydrogen-bond acceptors (Lipinski definition) is 4. The average molecular weight is 281 g/mol. The summed E-state index contributed by atoms with van der Waals surface area (Å²) in [4.78, 5) is 18.7. The fourth-order valence-electron chi connectivity index (χ4n) is 4.56. The summed E-state index contributed by atoms with van der Waals surface area (Å²) in [5.41, 5.74) is -0.755. The third-order valence-corrected chi connectivity index (χ3v) is 5.21. The fourth-order valence-corrected chi connectivity index (χ4v) is 4.56. The molecule has 0 amide bonds. The molecule has 20 heavy (non-hydrogen) atoms. The van der Waals surface area contributed by atoms with Crippen LogP contribution in [0.1, 0.15) is 65.7 Å². The number of esters is 1. The third kappa shape index (κ3) is 2.00. The molecule has 1 aliphatic carbocycles. The quantitative estimate of drug-likeness (QED) is 0.729. The van der Waals surface area contributed by atoms with Gasteiger partial charge in [-0.05, 0) is 33.6 Å². The SMILES string of the molecule is CCOC(=O)[C@]12CC(C)(C)ON1[C@@H]1CCCCCC[C@@H]12. The molecule has 0 N–H and O–H groups in total. The van der Waals surface area contributed by atoms with Gasteiger partial charge in [-0.2, -0.15) is 5.06 Å². The molecule has 1 saturated carbocycles. The van der Waals surface area contributed by atoms with Crippen LogP contribution < -0.4 is 0 Å². The predicted molar refractivity (Wildman–Crippen MR) is 76.0 cm³/mol. The van der Waals surface area contributed by atoms with Crippen molar-refractivity contribution in [1.82, 2.24) is 5.06 Å². The Morgan fingerprint density at radius 3 is 2.65 bits per heavy atom. The first-order chi connectivity index (χ1) is 9.51. The summed E-state index contributed by atoms with van der Waals surface area (Å²) < 4.78 is 5.40. The molecule has 0 aromatic rings. The van der Waals surface area contributed by atoms with Gasteiger partial charge in [0.1, 0.15) is 0 Å². The third-order valence-electron chi connectivity index (χ3n) is 5.21. The molecule has 0 spiro atoms. The smallest absolute Gasteiger partial charge is 0.329 e. The Hall–Kier alpha value is -0.610. The summed E-state index contributed by atoms with van der Waals surface area (Å²) in [6.07, 6.45) is 8.15. The Balaban J connectivity index is 1.88. The fraction of sp³-hybridized carbons (Fsp3) is 0.938. The highest BCUT2D eigenvalue weighted by Crippen LogP contribution is 2.58. The lowest BCUT2D eigenvalue weighted by Gasteiger charge is -2.57. The molecule has 3 atom stereocenters. The Bertz CT molecular complexity index is 395. The maximum absolute atomic E-state index is 12.6. The predicted octanol–water partition coefficient (Wildman–Crippen LogP) is 3.06. The molecule has 2 saturated heterocycles. The summed E-state index contributed by atoms with van der Waals surface area (Å²) in [5.74, 6) is 0.357. The van der Waals surface area contributed by atoms with E-state index in [0.29, 0.717) is 18.6 Å². The number of nitrogens with zero attached hydrogens (tertiary/aromatic N) is 1. The van der Waals surface area contributed by atoms with Crippen molar-refractivity contribution >= 4 is 5.97 Å². The molecule has 0 aromatic carbocycles. The molecular weight excluding hydrogens is 254 g/mol. The zero-order valence-corrected chi connectivity index (χ0v) is 13.0. The van der Waals surface area contributed by atoms with E-state index in [2.05, 4.69) is 13.8 Å². The lowest BCUT2D eigenvalue weighted by Crippen LogP contribution is -2.73. The number of fused-ring (bicyclic) bond motifs is 4. The van der Waals surface area contributed by atoms with Crippen LogP contribution in [0.3, 0.4) is 0 Å². The second kappa shape index (κ2) is 4.99. The van der Waals surface area contributed by atoms with Gasteiger partial charge in [-0.1, -0.05) is 25.7 Å². The minimum absolute atomic E-state index is 0.0626. The zero-order valence-electron chi connectivity index (χ0n) is 13.0. The van der Waals surface area contributed by atoms with Gasteiger partial charge in [0, 0.05) is 18.4 Å². The van der Waals surface area contributed by atoms with Gasteiger partial charge >= 0.3 is 5.97 Å². The second-order valence-corrected chi connectivity index (χ2v) is 7.16. The van der Waals surface area contributed by atoms with Gasteiger partial charge in [0.25, 0.3) is 0 Å². The standard InChI is InChI=1S/C16H27NO3/c1-4-19-14(18)16-11-15(2,3)20-17(16)13-10-8-6-5-7-9-12(13)16/h12-13H,4-11H2,1-3H3/t12-,13+,16+/m0/s1.